The molecule has 4 nitrogen and oxygen atoms in total. The molecule has 1 aliphatic heterocycles. The number of hydrogen-bond acceptors (Lipinski definition) is 2. The highest BCUT2D eigenvalue weighted by atomic mass is 79.9. The van der Waals surface area contributed by atoms with E-state index in [9.17, 15) is 4.79 Å². The van der Waals surface area contributed by atoms with Crippen molar-refractivity contribution in [2.75, 3.05) is 33.2 Å². The predicted molar refractivity (Wildman–Crippen MR) is 83.0 cm³/mol. The molecule has 0 radical (unpaired) electrons. The summed E-state index contributed by atoms with van der Waals surface area (Å²) < 4.78 is 3.14. The van der Waals surface area contributed by atoms with E-state index in [2.05, 4.69) is 25.4 Å². The highest BCUT2D eigenvalue weighted by molar-refractivity contribution is 9.10. The minimum atomic E-state index is 0.141. The van der Waals surface area contributed by atoms with Crippen molar-refractivity contribution in [2.24, 2.45) is 0 Å². The topological polar surface area (TPSA) is 28.5 Å². The third-order valence-electron chi connectivity index (χ3n) is 4.27. The van der Waals surface area contributed by atoms with Crippen molar-refractivity contribution < 1.29 is 4.79 Å². The number of rotatable bonds is 5. The third kappa shape index (κ3) is 3.09. The molecule has 20 heavy (non-hydrogen) atoms. The molecule has 2 aliphatic rings. The van der Waals surface area contributed by atoms with E-state index in [1.807, 2.05) is 24.2 Å². The Morgan fingerprint density at radius 3 is 2.75 bits per heavy atom. The summed E-state index contributed by atoms with van der Waals surface area (Å²) in [6, 6.07) is 2.49. The number of hydrogen-bond donors (Lipinski definition) is 0. The molecule has 0 unspecified atom stereocenters. The molecular weight excluding hydrogens is 318 g/mol. The van der Waals surface area contributed by atoms with Gasteiger partial charge >= 0.3 is 0 Å². The Kier molecular flexibility index (Phi) is 4.17. The quantitative estimate of drug-likeness (QED) is 0.825. The van der Waals surface area contributed by atoms with Gasteiger partial charge in [-0.05, 0) is 60.8 Å². The minimum Gasteiger partial charge on any atom is -0.339 e. The minimum absolute atomic E-state index is 0.141. The summed E-state index contributed by atoms with van der Waals surface area (Å²) >= 11 is 3.49. The number of aromatic nitrogens is 1. The van der Waals surface area contributed by atoms with Crippen LogP contribution in [0.2, 0.25) is 0 Å². The van der Waals surface area contributed by atoms with E-state index < -0.39 is 0 Å². The average molecular weight is 340 g/mol. The summed E-state index contributed by atoms with van der Waals surface area (Å²) in [7, 11) is 1.91. The van der Waals surface area contributed by atoms with Crippen LogP contribution in [-0.2, 0) is 0 Å². The summed E-state index contributed by atoms with van der Waals surface area (Å²) in [5, 5.41) is 0. The summed E-state index contributed by atoms with van der Waals surface area (Å²) in [5.74, 6) is 0.141. The molecule has 0 spiro atoms. The fourth-order valence-electron chi connectivity index (χ4n) is 2.87. The van der Waals surface area contributed by atoms with E-state index in [1.54, 1.807) is 0 Å². The summed E-state index contributed by atoms with van der Waals surface area (Å²) in [4.78, 5) is 16.9. The van der Waals surface area contributed by atoms with E-state index in [0.717, 1.165) is 23.3 Å². The first-order valence-corrected chi connectivity index (χ1v) is 8.29. The third-order valence-corrected chi connectivity index (χ3v) is 4.71. The maximum absolute atomic E-state index is 12.6. The maximum atomic E-state index is 12.6. The highest BCUT2D eigenvalue weighted by Crippen LogP contribution is 2.37. The SMILES string of the molecule is CN(CCN1CCCC1)C(=O)c1cc(Br)cn1C1CC1. The van der Waals surface area contributed by atoms with Crippen molar-refractivity contribution in [3.05, 3.63) is 22.4 Å². The van der Waals surface area contributed by atoms with Gasteiger partial charge in [0.05, 0.1) is 0 Å². The van der Waals surface area contributed by atoms with Crippen molar-refractivity contribution in [1.82, 2.24) is 14.4 Å². The summed E-state index contributed by atoms with van der Waals surface area (Å²) in [5.41, 5.74) is 0.822. The van der Waals surface area contributed by atoms with Gasteiger partial charge in [0.25, 0.3) is 5.91 Å². The van der Waals surface area contributed by atoms with Crippen LogP contribution < -0.4 is 0 Å². The predicted octanol–water partition coefficient (Wildman–Crippen LogP) is 2.75. The van der Waals surface area contributed by atoms with Crippen molar-refractivity contribution in [3.63, 3.8) is 0 Å². The van der Waals surface area contributed by atoms with Crippen LogP contribution in [0.5, 0.6) is 0 Å². The van der Waals surface area contributed by atoms with Crippen LogP contribution in [0.25, 0.3) is 0 Å². The average Bonchev–Trinajstić information content (AvgIpc) is 3.00. The van der Waals surface area contributed by atoms with Crippen LogP contribution >= 0.6 is 15.9 Å². The Morgan fingerprint density at radius 2 is 2.10 bits per heavy atom. The zero-order valence-corrected chi connectivity index (χ0v) is 13.6. The van der Waals surface area contributed by atoms with Crippen molar-refractivity contribution in [2.45, 2.75) is 31.7 Å². The van der Waals surface area contributed by atoms with E-state index in [1.165, 1.54) is 38.8 Å². The molecule has 1 amide bonds. The van der Waals surface area contributed by atoms with Gasteiger partial charge in [-0.3, -0.25) is 4.79 Å². The lowest BCUT2D eigenvalue weighted by Crippen LogP contribution is -2.36. The van der Waals surface area contributed by atoms with Gasteiger partial charge in [-0.1, -0.05) is 0 Å². The van der Waals surface area contributed by atoms with Crippen molar-refractivity contribution in [3.8, 4) is 0 Å². The normalized spacial score (nSPS) is 19.5. The molecule has 1 aromatic rings. The lowest BCUT2D eigenvalue weighted by atomic mass is 10.3. The second-order valence-corrected chi connectivity index (χ2v) is 6.87. The van der Waals surface area contributed by atoms with E-state index in [4.69, 9.17) is 0 Å². The van der Waals surface area contributed by atoms with Crippen LogP contribution in [0.1, 0.15) is 42.2 Å². The van der Waals surface area contributed by atoms with Gasteiger partial charge in [-0.25, -0.2) is 0 Å². The molecule has 110 valence electrons. The molecular formula is C15H22BrN3O. The van der Waals surface area contributed by atoms with Gasteiger partial charge in [0.2, 0.25) is 0 Å². The lowest BCUT2D eigenvalue weighted by molar-refractivity contribution is 0.0771. The number of likely N-dealkylation sites (tertiary alicyclic amines) is 1. The Morgan fingerprint density at radius 1 is 1.40 bits per heavy atom. The van der Waals surface area contributed by atoms with E-state index in [-0.39, 0.29) is 5.91 Å². The molecule has 0 bridgehead atoms. The maximum Gasteiger partial charge on any atom is 0.270 e. The smallest absolute Gasteiger partial charge is 0.270 e. The van der Waals surface area contributed by atoms with Crippen molar-refractivity contribution in [1.29, 1.82) is 0 Å². The molecule has 2 fully saturated rings. The first kappa shape index (κ1) is 14.1. The van der Waals surface area contributed by atoms with Crippen LogP contribution in [0.3, 0.4) is 0 Å². The summed E-state index contributed by atoms with van der Waals surface area (Å²) in [6.07, 6.45) is 7.03. The number of carbonyl (C=O) groups excluding carboxylic acids is 1. The molecule has 1 aliphatic carbocycles. The van der Waals surface area contributed by atoms with Gasteiger partial charge in [-0.2, -0.15) is 0 Å². The second kappa shape index (κ2) is 5.90. The first-order chi connectivity index (χ1) is 9.65. The van der Waals surface area contributed by atoms with Gasteiger partial charge in [0.15, 0.2) is 0 Å². The van der Waals surface area contributed by atoms with Gasteiger partial charge in [0, 0.05) is 36.8 Å². The highest BCUT2D eigenvalue weighted by Gasteiger charge is 2.28. The first-order valence-electron chi connectivity index (χ1n) is 7.50. The van der Waals surface area contributed by atoms with Gasteiger partial charge in [-0.15, -0.1) is 0 Å². The van der Waals surface area contributed by atoms with E-state index in [0.29, 0.717) is 6.04 Å². The van der Waals surface area contributed by atoms with Crippen LogP contribution in [-0.4, -0.2) is 53.5 Å². The van der Waals surface area contributed by atoms with Gasteiger partial charge < -0.3 is 14.4 Å². The molecule has 1 saturated heterocycles. The molecule has 0 N–H and O–H groups in total. The number of halogens is 1. The zero-order valence-electron chi connectivity index (χ0n) is 12.0. The standard InChI is InChI=1S/C15H22BrN3O/c1-17(8-9-18-6-2-3-7-18)15(20)14-10-12(16)11-19(14)13-4-5-13/h10-11,13H,2-9H2,1H3. The molecule has 2 heterocycles. The monoisotopic (exact) mass is 339 g/mol. The van der Waals surface area contributed by atoms with Gasteiger partial charge in [0.1, 0.15) is 5.69 Å². The second-order valence-electron chi connectivity index (χ2n) is 5.96. The molecule has 5 heteroatoms. The molecule has 0 aromatic carbocycles. The van der Waals surface area contributed by atoms with Crippen LogP contribution in [0.4, 0.5) is 0 Å². The molecule has 3 rings (SSSR count). The number of amides is 1. The Balaban J connectivity index is 1.62. The Bertz CT molecular complexity index is 489. The number of likely N-dealkylation sites (N-methyl/N-ethyl adjacent to an activating group) is 1. The lowest BCUT2D eigenvalue weighted by Gasteiger charge is -2.22. The summed E-state index contributed by atoms with van der Waals surface area (Å²) in [6.45, 7) is 4.18. The number of carbonyl (C=O) groups is 1. The molecule has 1 saturated carbocycles. The van der Waals surface area contributed by atoms with E-state index >= 15 is 0 Å². The van der Waals surface area contributed by atoms with Crippen molar-refractivity contribution >= 4 is 21.8 Å². The largest absolute Gasteiger partial charge is 0.339 e. The fraction of sp³-hybridized carbons (Fsp3) is 0.667. The van der Waals surface area contributed by atoms with Crippen LogP contribution in [0, 0.1) is 0 Å². The Labute approximate surface area is 128 Å². The zero-order chi connectivity index (χ0) is 14.1. The number of nitrogens with zero attached hydrogens (tertiary/aromatic N) is 3. The Hall–Kier alpha value is -0.810. The molecule has 0 atom stereocenters. The fourth-order valence-corrected chi connectivity index (χ4v) is 3.30. The molecule has 1 aromatic heterocycles. The van der Waals surface area contributed by atoms with Crippen LogP contribution in [0.15, 0.2) is 16.7 Å².